The van der Waals surface area contributed by atoms with Crippen LogP contribution in [0.4, 0.5) is 0 Å². The Hall–Kier alpha value is -0.220. The summed E-state index contributed by atoms with van der Waals surface area (Å²) in [5, 5.41) is 3.44. The lowest BCUT2D eigenvalue weighted by Gasteiger charge is -2.31. The van der Waals surface area contributed by atoms with Crippen LogP contribution >= 0.6 is 11.8 Å². The molecule has 2 saturated heterocycles. The first-order chi connectivity index (χ1) is 8.27. The Morgan fingerprint density at radius 1 is 1.47 bits per heavy atom. The zero-order valence-corrected chi connectivity index (χ0v) is 11.6. The fourth-order valence-electron chi connectivity index (χ4n) is 2.75. The summed E-state index contributed by atoms with van der Waals surface area (Å²) < 4.78 is 0. The van der Waals surface area contributed by atoms with Gasteiger partial charge in [0.15, 0.2) is 0 Å². The highest BCUT2D eigenvalue weighted by Crippen LogP contribution is 2.23. The first-order valence-corrected chi connectivity index (χ1v) is 7.99. The van der Waals surface area contributed by atoms with E-state index in [1.165, 1.54) is 12.8 Å². The van der Waals surface area contributed by atoms with Gasteiger partial charge in [0.2, 0.25) is 5.91 Å². The Morgan fingerprint density at radius 2 is 2.24 bits per heavy atom. The summed E-state index contributed by atoms with van der Waals surface area (Å²) in [6, 6.07) is 0. The van der Waals surface area contributed by atoms with E-state index in [2.05, 4.69) is 17.1 Å². The van der Waals surface area contributed by atoms with Crippen molar-refractivity contribution >= 4 is 17.7 Å². The van der Waals surface area contributed by atoms with E-state index in [0.29, 0.717) is 17.7 Å². The molecule has 1 N–H and O–H groups in total. The van der Waals surface area contributed by atoms with Gasteiger partial charge in [-0.1, -0.05) is 6.92 Å². The molecule has 3 nitrogen and oxygen atoms in total. The van der Waals surface area contributed by atoms with Crippen LogP contribution in [-0.2, 0) is 4.79 Å². The molecule has 17 heavy (non-hydrogen) atoms. The van der Waals surface area contributed by atoms with Crippen LogP contribution in [0.5, 0.6) is 0 Å². The second-order valence-corrected chi connectivity index (χ2v) is 6.51. The van der Waals surface area contributed by atoms with Crippen molar-refractivity contribution in [3.8, 4) is 0 Å². The maximum Gasteiger partial charge on any atom is 0.222 e. The minimum absolute atomic E-state index is 0.378. The van der Waals surface area contributed by atoms with E-state index in [-0.39, 0.29) is 0 Å². The standard InChI is InChI=1S/C13H24N2OS/c1-11(12-3-2-4-14-10-12)9-13(16)15-5-7-17-8-6-15/h11-12,14H,2-10H2,1H3. The van der Waals surface area contributed by atoms with Gasteiger partial charge in [0.1, 0.15) is 0 Å². The molecule has 2 rings (SSSR count). The first-order valence-electron chi connectivity index (χ1n) is 6.83. The number of thioether (sulfide) groups is 1. The van der Waals surface area contributed by atoms with Crippen LogP contribution < -0.4 is 5.32 Å². The lowest BCUT2D eigenvalue weighted by molar-refractivity contribution is -0.132. The van der Waals surface area contributed by atoms with Gasteiger partial charge in [-0.25, -0.2) is 0 Å². The number of nitrogens with one attached hydrogen (secondary N) is 1. The van der Waals surface area contributed by atoms with Crippen LogP contribution in [-0.4, -0.2) is 48.5 Å². The molecule has 0 spiro atoms. The highest BCUT2D eigenvalue weighted by Gasteiger charge is 2.24. The van der Waals surface area contributed by atoms with Gasteiger partial charge in [-0.15, -0.1) is 0 Å². The monoisotopic (exact) mass is 256 g/mol. The quantitative estimate of drug-likeness (QED) is 0.832. The van der Waals surface area contributed by atoms with Crippen LogP contribution in [0.25, 0.3) is 0 Å². The van der Waals surface area contributed by atoms with Crippen LogP contribution in [0.2, 0.25) is 0 Å². The van der Waals surface area contributed by atoms with E-state index >= 15 is 0 Å². The highest BCUT2D eigenvalue weighted by atomic mass is 32.2. The molecule has 2 unspecified atom stereocenters. The smallest absolute Gasteiger partial charge is 0.222 e. The number of amides is 1. The molecule has 0 aromatic rings. The van der Waals surface area contributed by atoms with Crippen LogP contribution in [0.15, 0.2) is 0 Å². The van der Waals surface area contributed by atoms with Crippen LogP contribution in [0.3, 0.4) is 0 Å². The third-order valence-electron chi connectivity index (χ3n) is 4.00. The summed E-state index contributed by atoms with van der Waals surface area (Å²) in [7, 11) is 0. The Labute approximate surface area is 109 Å². The fourth-order valence-corrected chi connectivity index (χ4v) is 3.65. The summed E-state index contributed by atoms with van der Waals surface area (Å²) in [4.78, 5) is 14.2. The average molecular weight is 256 g/mol. The molecular weight excluding hydrogens is 232 g/mol. The zero-order chi connectivity index (χ0) is 12.1. The van der Waals surface area contributed by atoms with Crippen molar-refractivity contribution in [1.29, 1.82) is 0 Å². The third kappa shape index (κ3) is 3.88. The van der Waals surface area contributed by atoms with E-state index in [4.69, 9.17) is 0 Å². The van der Waals surface area contributed by atoms with E-state index in [0.717, 1.165) is 44.1 Å². The molecule has 4 heteroatoms. The molecule has 0 aliphatic carbocycles. The Kier molecular flexibility index (Phi) is 5.16. The van der Waals surface area contributed by atoms with Gasteiger partial charge in [0, 0.05) is 31.0 Å². The van der Waals surface area contributed by atoms with Crippen molar-refractivity contribution in [2.45, 2.75) is 26.2 Å². The summed E-state index contributed by atoms with van der Waals surface area (Å²) in [6.45, 7) is 6.41. The molecule has 2 atom stereocenters. The maximum atomic E-state index is 12.1. The van der Waals surface area contributed by atoms with E-state index in [1.54, 1.807) is 0 Å². The van der Waals surface area contributed by atoms with Crippen LogP contribution in [0.1, 0.15) is 26.2 Å². The summed E-state index contributed by atoms with van der Waals surface area (Å²) in [5.41, 5.74) is 0. The van der Waals surface area contributed by atoms with Gasteiger partial charge in [0.25, 0.3) is 0 Å². The van der Waals surface area contributed by atoms with Crippen molar-refractivity contribution in [2.75, 3.05) is 37.7 Å². The fraction of sp³-hybridized carbons (Fsp3) is 0.923. The number of carbonyl (C=O) groups excluding carboxylic acids is 1. The number of hydrogen-bond acceptors (Lipinski definition) is 3. The van der Waals surface area contributed by atoms with Crippen molar-refractivity contribution in [3.63, 3.8) is 0 Å². The molecule has 1 amide bonds. The maximum absolute atomic E-state index is 12.1. The lowest BCUT2D eigenvalue weighted by atomic mass is 9.85. The van der Waals surface area contributed by atoms with E-state index in [1.807, 2.05) is 11.8 Å². The zero-order valence-electron chi connectivity index (χ0n) is 10.8. The van der Waals surface area contributed by atoms with Gasteiger partial charge in [0.05, 0.1) is 0 Å². The second kappa shape index (κ2) is 6.64. The van der Waals surface area contributed by atoms with Gasteiger partial charge < -0.3 is 10.2 Å². The Bertz CT molecular complexity index is 248. The third-order valence-corrected chi connectivity index (χ3v) is 4.94. The largest absolute Gasteiger partial charge is 0.341 e. The van der Waals surface area contributed by atoms with Crippen molar-refractivity contribution in [1.82, 2.24) is 10.2 Å². The number of nitrogens with zero attached hydrogens (tertiary/aromatic N) is 1. The van der Waals surface area contributed by atoms with Crippen molar-refractivity contribution in [2.24, 2.45) is 11.8 Å². The molecule has 0 bridgehead atoms. The number of carbonyl (C=O) groups is 1. The molecule has 0 saturated carbocycles. The van der Waals surface area contributed by atoms with Gasteiger partial charge in [-0.2, -0.15) is 11.8 Å². The molecule has 0 radical (unpaired) electrons. The molecule has 2 aliphatic rings. The van der Waals surface area contributed by atoms with Gasteiger partial charge in [-0.3, -0.25) is 4.79 Å². The molecule has 0 aromatic heterocycles. The second-order valence-electron chi connectivity index (χ2n) is 5.28. The van der Waals surface area contributed by atoms with E-state index < -0.39 is 0 Å². The number of rotatable bonds is 3. The van der Waals surface area contributed by atoms with Crippen molar-refractivity contribution in [3.05, 3.63) is 0 Å². The SMILES string of the molecule is CC(CC(=O)N1CCSCC1)C1CCCNC1. The number of piperidine rings is 1. The van der Waals surface area contributed by atoms with Gasteiger partial charge >= 0.3 is 0 Å². The molecular formula is C13H24N2OS. The Balaban J connectivity index is 1.76. The number of hydrogen-bond donors (Lipinski definition) is 1. The molecule has 2 aliphatic heterocycles. The molecule has 0 aromatic carbocycles. The van der Waals surface area contributed by atoms with E-state index in [9.17, 15) is 4.79 Å². The summed E-state index contributed by atoms with van der Waals surface area (Å²) >= 11 is 1.96. The van der Waals surface area contributed by atoms with Gasteiger partial charge in [-0.05, 0) is 37.8 Å². The predicted octanol–water partition coefficient (Wildman–Crippen LogP) is 1.59. The minimum Gasteiger partial charge on any atom is -0.341 e. The Morgan fingerprint density at radius 3 is 2.88 bits per heavy atom. The van der Waals surface area contributed by atoms with Crippen molar-refractivity contribution < 1.29 is 4.79 Å². The molecule has 2 heterocycles. The summed E-state index contributed by atoms with van der Waals surface area (Å²) in [5.74, 6) is 3.84. The topological polar surface area (TPSA) is 32.3 Å². The van der Waals surface area contributed by atoms with Crippen LogP contribution in [0, 0.1) is 11.8 Å². The first kappa shape index (κ1) is 13.2. The predicted molar refractivity (Wildman–Crippen MR) is 73.3 cm³/mol. The molecule has 98 valence electrons. The normalized spacial score (nSPS) is 27.8. The lowest BCUT2D eigenvalue weighted by Crippen LogP contribution is -2.40. The minimum atomic E-state index is 0.378. The average Bonchev–Trinajstić information content (AvgIpc) is 2.40. The summed E-state index contributed by atoms with van der Waals surface area (Å²) in [6.07, 6.45) is 3.30. The highest BCUT2D eigenvalue weighted by molar-refractivity contribution is 7.99. The molecule has 2 fully saturated rings.